The fourth-order valence-corrected chi connectivity index (χ4v) is 3.33. The van der Waals surface area contributed by atoms with Gasteiger partial charge in [-0.3, -0.25) is 19.9 Å². The maximum Gasteiger partial charge on any atom is 0.436 e. The molecule has 0 spiro atoms. The quantitative estimate of drug-likeness (QED) is 0.477. The summed E-state index contributed by atoms with van der Waals surface area (Å²) in [5.74, 6) is 0. The van der Waals surface area contributed by atoms with Gasteiger partial charge in [0.15, 0.2) is 0 Å². The summed E-state index contributed by atoms with van der Waals surface area (Å²) in [4.78, 5) is 33.2. The van der Waals surface area contributed by atoms with Gasteiger partial charge in [-0.05, 0) is 23.8 Å². The number of rotatable bonds is 5. The first kappa shape index (κ1) is 19.6. The van der Waals surface area contributed by atoms with Crippen LogP contribution in [0.15, 0.2) is 66.9 Å². The van der Waals surface area contributed by atoms with Crippen LogP contribution < -0.4 is 4.84 Å². The Labute approximate surface area is 173 Å². The van der Waals surface area contributed by atoms with E-state index in [-0.39, 0.29) is 5.69 Å². The molecule has 2 aromatic carbocycles. The van der Waals surface area contributed by atoms with Crippen molar-refractivity contribution in [3.63, 3.8) is 0 Å². The molecule has 0 atom stereocenters. The summed E-state index contributed by atoms with van der Waals surface area (Å²) in [6.07, 6.45) is 1.09. The van der Waals surface area contributed by atoms with Crippen LogP contribution in [0.5, 0.6) is 0 Å². The molecule has 0 unspecified atom stereocenters. The van der Waals surface area contributed by atoms with E-state index < -0.39 is 11.0 Å². The Morgan fingerprint density at radius 3 is 2.37 bits per heavy atom. The minimum absolute atomic E-state index is 0.0102. The highest BCUT2D eigenvalue weighted by molar-refractivity contribution is 5.68. The second-order valence-electron chi connectivity index (χ2n) is 7.01. The molecule has 0 bridgehead atoms. The van der Waals surface area contributed by atoms with E-state index in [2.05, 4.69) is 22.1 Å². The Morgan fingerprint density at radius 1 is 1.00 bits per heavy atom. The summed E-state index contributed by atoms with van der Waals surface area (Å²) >= 11 is 0. The second-order valence-corrected chi connectivity index (χ2v) is 7.01. The predicted molar refractivity (Wildman–Crippen MR) is 110 cm³/mol. The van der Waals surface area contributed by atoms with Crippen LogP contribution in [0.3, 0.4) is 0 Å². The minimum Gasteiger partial charge on any atom is -0.304 e. The van der Waals surface area contributed by atoms with Crippen molar-refractivity contribution in [1.29, 1.82) is 0 Å². The molecule has 30 heavy (non-hydrogen) atoms. The van der Waals surface area contributed by atoms with Crippen LogP contribution in [-0.4, -0.2) is 56.9 Å². The lowest BCUT2D eigenvalue weighted by molar-refractivity contribution is -0.384. The highest BCUT2D eigenvalue weighted by Crippen LogP contribution is 2.20. The average molecular weight is 407 g/mol. The van der Waals surface area contributed by atoms with Crippen LogP contribution in [0.25, 0.3) is 11.3 Å². The monoisotopic (exact) mass is 407 g/mol. The molecule has 154 valence electrons. The molecule has 0 N–H and O–H groups in total. The molecular formula is C21H21N5O4. The summed E-state index contributed by atoms with van der Waals surface area (Å²) in [5, 5.41) is 15.0. The van der Waals surface area contributed by atoms with Gasteiger partial charge in [0.1, 0.15) is 0 Å². The largest absolute Gasteiger partial charge is 0.436 e. The van der Waals surface area contributed by atoms with E-state index in [4.69, 9.17) is 4.84 Å². The fourth-order valence-electron chi connectivity index (χ4n) is 3.33. The van der Waals surface area contributed by atoms with Crippen LogP contribution in [0, 0.1) is 10.1 Å². The molecule has 2 heterocycles. The Hall–Kier alpha value is -3.72. The molecule has 3 aromatic rings. The van der Waals surface area contributed by atoms with Crippen LogP contribution in [0.2, 0.25) is 0 Å². The third-order valence-corrected chi connectivity index (χ3v) is 4.99. The highest BCUT2D eigenvalue weighted by Gasteiger charge is 2.23. The number of nitro benzene ring substituents is 1. The molecule has 9 heteroatoms. The number of carbonyl (C=O) groups excluding carboxylic acids is 1. The molecule has 1 aliphatic rings. The first-order valence-corrected chi connectivity index (χ1v) is 9.62. The van der Waals surface area contributed by atoms with Gasteiger partial charge in [0.2, 0.25) is 0 Å². The van der Waals surface area contributed by atoms with Gasteiger partial charge in [0, 0.05) is 50.4 Å². The van der Waals surface area contributed by atoms with Crippen LogP contribution in [0.4, 0.5) is 10.5 Å². The summed E-state index contributed by atoms with van der Waals surface area (Å²) in [7, 11) is 0. The van der Waals surface area contributed by atoms with E-state index in [0.717, 1.165) is 24.5 Å². The first-order chi connectivity index (χ1) is 14.6. The smallest absolute Gasteiger partial charge is 0.304 e. The number of amides is 1. The van der Waals surface area contributed by atoms with Gasteiger partial charge in [-0.2, -0.15) is 0 Å². The SMILES string of the molecule is O=C(On1ccc(-c2ccc([N+](=O)[O-])cc2)n1)N1CCN(Cc2ccccc2)CC1. The van der Waals surface area contributed by atoms with Crippen LogP contribution >= 0.6 is 0 Å². The van der Waals surface area contributed by atoms with Gasteiger partial charge in [-0.1, -0.05) is 35.2 Å². The van der Waals surface area contributed by atoms with E-state index in [0.29, 0.717) is 24.3 Å². The number of nitrogens with zero attached hydrogens (tertiary/aromatic N) is 5. The van der Waals surface area contributed by atoms with E-state index in [1.54, 1.807) is 29.3 Å². The summed E-state index contributed by atoms with van der Waals surface area (Å²) < 4.78 is 0. The lowest BCUT2D eigenvalue weighted by Crippen LogP contribution is -2.50. The van der Waals surface area contributed by atoms with Crippen molar-refractivity contribution >= 4 is 11.8 Å². The zero-order valence-electron chi connectivity index (χ0n) is 16.3. The average Bonchev–Trinajstić information content (AvgIpc) is 3.23. The van der Waals surface area contributed by atoms with Gasteiger partial charge >= 0.3 is 6.09 Å². The minimum atomic E-state index is -0.455. The second kappa shape index (κ2) is 8.75. The molecule has 4 rings (SSSR count). The van der Waals surface area contributed by atoms with Crippen LogP contribution in [0.1, 0.15) is 5.56 Å². The van der Waals surface area contributed by atoms with Crippen molar-refractivity contribution in [2.45, 2.75) is 6.54 Å². The van der Waals surface area contributed by atoms with Crippen molar-refractivity contribution < 1.29 is 14.6 Å². The lowest BCUT2D eigenvalue weighted by atomic mass is 10.1. The fraction of sp³-hybridized carbons (Fsp3) is 0.238. The normalized spacial score (nSPS) is 14.5. The number of non-ortho nitro benzene ring substituents is 1. The maximum atomic E-state index is 12.4. The van der Waals surface area contributed by atoms with E-state index >= 15 is 0 Å². The number of aromatic nitrogens is 2. The third kappa shape index (κ3) is 4.64. The molecule has 0 saturated carbocycles. The Kier molecular flexibility index (Phi) is 5.71. The Morgan fingerprint density at radius 2 is 1.70 bits per heavy atom. The number of hydrogen-bond acceptors (Lipinski definition) is 6. The molecular weight excluding hydrogens is 386 g/mol. The summed E-state index contributed by atoms with van der Waals surface area (Å²) in [6, 6.07) is 18.0. The number of nitro groups is 1. The number of piperazine rings is 1. The van der Waals surface area contributed by atoms with Gasteiger partial charge in [0.05, 0.1) is 16.8 Å². The van der Waals surface area contributed by atoms with Crippen molar-refractivity contribution in [1.82, 2.24) is 19.7 Å². The molecule has 1 saturated heterocycles. The molecule has 1 fully saturated rings. The molecule has 1 amide bonds. The molecule has 1 aromatic heterocycles. The van der Waals surface area contributed by atoms with Crippen molar-refractivity contribution in [2.75, 3.05) is 26.2 Å². The zero-order valence-corrected chi connectivity index (χ0v) is 16.3. The Balaban J connectivity index is 1.30. The standard InChI is InChI=1S/C21H21N5O4/c27-21(24-14-12-23(13-15-24)16-17-4-2-1-3-5-17)30-25-11-10-20(22-25)18-6-8-19(9-7-18)26(28)29/h1-11H,12-16H2. The van der Waals surface area contributed by atoms with Crippen molar-refractivity contribution in [3.8, 4) is 11.3 Å². The van der Waals surface area contributed by atoms with Gasteiger partial charge in [0.25, 0.3) is 5.69 Å². The number of benzene rings is 2. The lowest BCUT2D eigenvalue weighted by Gasteiger charge is -2.33. The van der Waals surface area contributed by atoms with Crippen molar-refractivity contribution in [2.24, 2.45) is 0 Å². The van der Waals surface area contributed by atoms with Gasteiger partial charge < -0.3 is 4.90 Å². The topological polar surface area (TPSA) is 93.7 Å². The van der Waals surface area contributed by atoms with Crippen molar-refractivity contribution in [3.05, 3.63) is 82.5 Å². The molecule has 0 aliphatic carbocycles. The highest BCUT2D eigenvalue weighted by atomic mass is 16.7. The number of hydrogen-bond donors (Lipinski definition) is 0. The van der Waals surface area contributed by atoms with Crippen LogP contribution in [-0.2, 0) is 6.54 Å². The molecule has 9 nitrogen and oxygen atoms in total. The third-order valence-electron chi connectivity index (χ3n) is 4.99. The van der Waals surface area contributed by atoms with E-state index in [1.807, 2.05) is 18.2 Å². The molecule has 1 aliphatic heterocycles. The van der Waals surface area contributed by atoms with E-state index in [1.165, 1.54) is 17.7 Å². The molecule has 0 radical (unpaired) electrons. The predicted octanol–water partition coefficient (Wildman–Crippen LogP) is 2.82. The van der Waals surface area contributed by atoms with Gasteiger partial charge in [-0.15, -0.1) is 5.10 Å². The summed E-state index contributed by atoms with van der Waals surface area (Å²) in [5.41, 5.74) is 2.52. The zero-order chi connectivity index (χ0) is 20.9. The first-order valence-electron chi connectivity index (χ1n) is 9.62. The Bertz CT molecular complexity index is 1010. The maximum absolute atomic E-state index is 12.4. The number of carbonyl (C=O) groups is 1. The summed E-state index contributed by atoms with van der Waals surface area (Å²) in [6.45, 7) is 3.58. The van der Waals surface area contributed by atoms with Gasteiger partial charge in [-0.25, -0.2) is 4.79 Å². The van der Waals surface area contributed by atoms with E-state index in [9.17, 15) is 14.9 Å².